The minimum Gasteiger partial charge on any atom is -0.311 e. The van der Waals surface area contributed by atoms with Crippen molar-refractivity contribution in [1.29, 1.82) is 0 Å². The number of anilines is 6. The van der Waals surface area contributed by atoms with Crippen molar-refractivity contribution < 1.29 is 0 Å². The van der Waals surface area contributed by atoms with Gasteiger partial charge in [0.15, 0.2) is 0 Å². The zero-order valence-corrected chi connectivity index (χ0v) is 25.6. The maximum Gasteiger partial charge on any atom is 0.252 e. The van der Waals surface area contributed by atoms with E-state index in [0.29, 0.717) is 0 Å². The Morgan fingerprint density at radius 3 is 1.25 bits per heavy atom. The Balaban J connectivity index is 1.50. The summed E-state index contributed by atoms with van der Waals surface area (Å²) in [5.41, 5.74) is 19.5. The lowest BCUT2D eigenvalue weighted by Crippen LogP contribution is -2.67. The second kappa shape index (κ2) is 9.00. The summed E-state index contributed by atoms with van der Waals surface area (Å²) in [4.78, 5) is 5.07. The summed E-state index contributed by atoms with van der Waals surface area (Å²) in [6.07, 6.45) is 0. The second-order valence-corrected chi connectivity index (χ2v) is 13.0. The van der Waals surface area contributed by atoms with Crippen LogP contribution in [0.1, 0.15) is 40.3 Å². The van der Waals surface area contributed by atoms with E-state index in [9.17, 15) is 0 Å². The highest BCUT2D eigenvalue weighted by Gasteiger charge is 2.53. The summed E-state index contributed by atoms with van der Waals surface area (Å²) in [6, 6.07) is 47.6. The van der Waals surface area contributed by atoms with Crippen LogP contribution in [0.15, 0.2) is 127 Å². The molecule has 3 heterocycles. The molecule has 3 aliphatic heterocycles. The van der Waals surface area contributed by atoms with Crippen LogP contribution in [0, 0.1) is 20.8 Å². The number of hydrogen-bond donors (Lipinski definition) is 0. The zero-order chi connectivity index (χ0) is 29.7. The van der Waals surface area contributed by atoms with E-state index in [1.807, 2.05) is 0 Å². The molecule has 0 amide bonds. The Kier molecular flexibility index (Phi) is 5.21. The predicted molar refractivity (Wildman–Crippen MR) is 187 cm³/mol. The molecule has 3 aliphatic rings. The summed E-state index contributed by atoms with van der Waals surface area (Å²) < 4.78 is 0. The highest BCUT2D eigenvalue weighted by atomic mass is 15.2. The van der Waals surface area contributed by atoms with Crippen LogP contribution in [-0.2, 0) is 5.41 Å². The molecule has 0 fully saturated rings. The topological polar surface area (TPSA) is 6.48 Å². The van der Waals surface area contributed by atoms with E-state index >= 15 is 0 Å². The molecule has 6 aromatic rings. The van der Waals surface area contributed by atoms with E-state index in [1.54, 1.807) is 0 Å². The average molecular weight is 565 g/mol. The average Bonchev–Trinajstić information content (AvgIpc) is 3.04. The molecule has 0 N–H and O–H groups in total. The Bertz CT molecular complexity index is 1990. The largest absolute Gasteiger partial charge is 0.311 e. The van der Waals surface area contributed by atoms with Gasteiger partial charge in [0.05, 0.1) is 0 Å². The Hall–Kier alpha value is -5.02. The van der Waals surface area contributed by atoms with Crippen molar-refractivity contribution in [1.82, 2.24) is 0 Å². The van der Waals surface area contributed by atoms with E-state index in [0.717, 1.165) is 0 Å². The van der Waals surface area contributed by atoms with Crippen molar-refractivity contribution in [2.24, 2.45) is 0 Å². The van der Waals surface area contributed by atoms with E-state index in [2.05, 4.69) is 165 Å². The van der Waals surface area contributed by atoms with Gasteiger partial charge < -0.3 is 9.80 Å². The van der Waals surface area contributed by atoms with Crippen LogP contribution in [0.4, 0.5) is 34.1 Å². The molecule has 9 rings (SSSR count). The van der Waals surface area contributed by atoms with Crippen LogP contribution in [0.25, 0.3) is 0 Å². The lowest BCUT2D eigenvalue weighted by Gasteiger charge is -2.51. The van der Waals surface area contributed by atoms with Gasteiger partial charge in [-0.25, -0.2) is 0 Å². The van der Waals surface area contributed by atoms with E-state index in [1.165, 1.54) is 83.9 Å². The summed E-state index contributed by atoms with van der Waals surface area (Å²) in [7, 11) is 0. The second-order valence-electron chi connectivity index (χ2n) is 13.0. The summed E-state index contributed by atoms with van der Waals surface area (Å²) in [6.45, 7) is 9.37. The van der Waals surface area contributed by atoms with Gasteiger partial charge in [-0.1, -0.05) is 78.9 Å². The number of rotatable bonds is 3. The third-order valence-corrected chi connectivity index (χ3v) is 10.2. The first-order valence-electron chi connectivity index (χ1n) is 15.7. The first-order valence-corrected chi connectivity index (χ1v) is 15.7. The molecular formula is C41H33BN2. The van der Waals surface area contributed by atoms with Gasteiger partial charge in [-0.2, -0.15) is 0 Å². The molecule has 0 unspecified atom stereocenters. The molecule has 0 atom stereocenters. The molecule has 6 aromatic carbocycles. The van der Waals surface area contributed by atoms with Crippen molar-refractivity contribution in [3.05, 3.63) is 161 Å². The molecule has 0 saturated heterocycles. The molecule has 0 spiro atoms. The number of nitrogens with zero attached hydrogens (tertiary/aromatic N) is 2. The Morgan fingerprint density at radius 2 is 0.818 bits per heavy atom. The van der Waals surface area contributed by atoms with E-state index in [-0.39, 0.29) is 12.1 Å². The molecule has 0 aliphatic carbocycles. The monoisotopic (exact) mass is 564 g/mol. The van der Waals surface area contributed by atoms with Crippen molar-refractivity contribution in [2.75, 3.05) is 9.80 Å². The fourth-order valence-electron chi connectivity index (χ4n) is 8.42. The normalized spacial score (nSPS) is 14.9. The highest BCUT2D eigenvalue weighted by Crippen LogP contribution is 2.51. The van der Waals surface area contributed by atoms with Crippen LogP contribution < -0.4 is 26.2 Å². The van der Waals surface area contributed by atoms with Gasteiger partial charge in [0.25, 0.3) is 6.71 Å². The third-order valence-electron chi connectivity index (χ3n) is 10.2. The Morgan fingerprint density at radius 1 is 0.455 bits per heavy atom. The van der Waals surface area contributed by atoms with Gasteiger partial charge in [0.2, 0.25) is 0 Å². The number of hydrogen-bond acceptors (Lipinski definition) is 2. The molecule has 0 radical (unpaired) electrons. The van der Waals surface area contributed by atoms with Gasteiger partial charge >= 0.3 is 0 Å². The summed E-state index contributed by atoms with van der Waals surface area (Å²) in [5.74, 6) is 0. The SMILES string of the molecule is Cc1cc2c3c(c1)N(c1ccccc1)c1cc(C)cc4c1B3c1c(cc(C)cc1C4(C)c1ccccc1)N2c1ccccc1. The van der Waals surface area contributed by atoms with Crippen LogP contribution in [0.3, 0.4) is 0 Å². The van der Waals surface area contributed by atoms with Gasteiger partial charge in [0.1, 0.15) is 0 Å². The van der Waals surface area contributed by atoms with Gasteiger partial charge in [-0.15, -0.1) is 0 Å². The molecule has 2 nitrogen and oxygen atoms in total. The number of para-hydroxylation sites is 2. The molecule has 44 heavy (non-hydrogen) atoms. The lowest BCUT2D eigenvalue weighted by atomic mass is 9.28. The van der Waals surface area contributed by atoms with Crippen molar-refractivity contribution >= 4 is 57.2 Å². The minimum atomic E-state index is -0.325. The third kappa shape index (κ3) is 3.27. The molecule has 0 aromatic heterocycles. The van der Waals surface area contributed by atoms with Crippen molar-refractivity contribution in [3.8, 4) is 0 Å². The zero-order valence-electron chi connectivity index (χ0n) is 25.6. The minimum absolute atomic E-state index is 0.147. The van der Waals surface area contributed by atoms with Crippen molar-refractivity contribution in [2.45, 2.75) is 33.1 Å². The quantitative estimate of drug-likeness (QED) is 0.199. The highest BCUT2D eigenvalue weighted by molar-refractivity contribution is 7.01. The molecule has 0 bridgehead atoms. The van der Waals surface area contributed by atoms with Crippen LogP contribution in [0.5, 0.6) is 0 Å². The van der Waals surface area contributed by atoms with Gasteiger partial charge in [-0.05, 0) is 126 Å². The van der Waals surface area contributed by atoms with E-state index < -0.39 is 0 Å². The maximum atomic E-state index is 2.53. The van der Waals surface area contributed by atoms with Crippen LogP contribution in [-0.4, -0.2) is 6.71 Å². The fourth-order valence-corrected chi connectivity index (χ4v) is 8.42. The fraction of sp³-hybridized carbons (Fsp3) is 0.122. The molecule has 210 valence electrons. The first kappa shape index (κ1) is 25.5. The molecule has 0 saturated carbocycles. The smallest absolute Gasteiger partial charge is 0.252 e. The maximum absolute atomic E-state index is 2.53. The Labute approximate surface area is 260 Å². The lowest BCUT2D eigenvalue weighted by molar-refractivity contribution is 0.696. The van der Waals surface area contributed by atoms with E-state index in [4.69, 9.17) is 0 Å². The van der Waals surface area contributed by atoms with Gasteiger partial charge in [-0.3, -0.25) is 0 Å². The van der Waals surface area contributed by atoms with Crippen molar-refractivity contribution in [3.63, 3.8) is 0 Å². The standard InChI is InChI=1S/C41H33BN2/c1-26-20-32-38-34(22-26)43(30-16-10-6-11-17-30)36-24-28(3)25-37-40(36)42(38)39-33(41(32,4)29-14-8-5-9-15-29)21-27(2)23-35(39)44(37)31-18-12-7-13-19-31/h5-25H,1-4H3. The summed E-state index contributed by atoms with van der Waals surface area (Å²) >= 11 is 0. The number of benzene rings is 6. The van der Waals surface area contributed by atoms with Gasteiger partial charge in [0, 0.05) is 39.5 Å². The first-order chi connectivity index (χ1) is 21.4. The predicted octanol–water partition coefficient (Wildman–Crippen LogP) is 8.36. The summed E-state index contributed by atoms with van der Waals surface area (Å²) in [5, 5.41) is 0. The molecular weight excluding hydrogens is 531 g/mol. The molecule has 3 heteroatoms. The number of aryl methyl sites for hydroxylation is 3. The van der Waals surface area contributed by atoms with Crippen LogP contribution in [0.2, 0.25) is 0 Å². The van der Waals surface area contributed by atoms with Crippen LogP contribution >= 0.6 is 0 Å².